The van der Waals surface area contributed by atoms with E-state index in [2.05, 4.69) is 22.8 Å². The number of nitrogens with one attached hydrogen (secondary N) is 2. The van der Waals surface area contributed by atoms with Crippen LogP contribution in [0.3, 0.4) is 0 Å². The molecule has 0 aliphatic heterocycles. The predicted molar refractivity (Wildman–Crippen MR) is 120 cm³/mol. The Kier molecular flexibility index (Phi) is 8.79. The van der Waals surface area contributed by atoms with E-state index < -0.39 is 24.0 Å². The molecular formula is C24H28N2O7. The fraction of sp³-hybridized carbons (Fsp3) is 0.375. The molecule has 1 atom stereocenters. The molecule has 2 aromatic carbocycles. The molecule has 3 N–H and O–H groups in total. The first-order valence-corrected chi connectivity index (χ1v) is 10.7. The summed E-state index contributed by atoms with van der Waals surface area (Å²) in [6, 6.07) is 15.1. The van der Waals surface area contributed by atoms with Crippen LogP contribution in [0.2, 0.25) is 0 Å². The number of carbonyl (C=O) groups is 3. The molecule has 9 heteroatoms. The molecule has 0 radical (unpaired) electrons. The number of rotatable bonds is 12. The number of aliphatic carboxylic acids is 1. The van der Waals surface area contributed by atoms with E-state index in [9.17, 15) is 14.4 Å². The van der Waals surface area contributed by atoms with Crippen molar-refractivity contribution in [3.05, 3.63) is 59.7 Å². The quantitative estimate of drug-likeness (QED) is 0.418. The van der Waals surface area contributed by atoms with Crippen LogP contribution >= 0.6 is 0 Å². The van der Waals surface area contributed by atoms with E-state index >= 15 is 0 Å². The zero-order valence-corrected chi connectivity index (χ0v) is 18.4. The standard InChI is InChI=1S/C24H28N2O7/c1-31-15-21(23(29)25-11-13-32-12-10-22(27)28)26-24(30)33-14-20-18-8-4-2-6-16(18)17-7-3-5-9-19(17)20/h2-9,20-21H,10-15H2,1H3,(H,25,29)(H,26,30)(H,27,28)/t21-/m0/s1. The Morgan fingerprint density at radius 1 is 1.00 bits per heavy atom. The number of fused-ring (bicyclic) bond motifs is 3. The van der Waals surface area contributed by atoms with Crippen molar-refractivity contribution in [2.75, 3.05) is 40.1 Å². The number of ether oxygens (including phenoxy) is 3. The van der Waals surface area contributed by atoms with Crippen molar-refractivity contribution in [1.29, 1.82) is 0 Å². The third kappa shape index (κ3) is 6.53. The average molecular weight is 456 g/mol. The number of amides is 2. The molecule has 3 rings (SSSR count). The fourth-order valence-corrected chi connectivity index (χ4v) is 3.76. The van der Waals surface area contributed by atoms with Crippen LogP contribution in [0.25, 0.3) is 11.1 Å². The van der Waals surface area contributed by atoms with E-state index in [1.807, 2.05) is 36.4 Å². The minimum Gasteiger partial charge on any atom is -0.481 e. The lowest BCUT2D eigenvalue weighted by molar-refractivity contribution is -0.138. The van der Waals surface area contributed by atoms with Crippen molar-refractivity contribution in [1.82, 2.24) is 10.6 Å². The van der Waals surface area contributed by atoms with E-state index in [1.165, 1.54) is 7.11 Å². The zero-order chi connectivity index (χ0) is 23.6. The van der Waals surface area contributed by atoms with Crippen LogP contribution in [-0.2, 0) is 23.8 Å². The average Bonchev–Trinajstić information content (AvgIpc) is 3.13. The van der Waals surface area contributed by atoms with Crippen LogP contribution in [0.5, 0.6) is 0 Å². The highest BCUT2D eigenvalue weighted by atomic mass is 16.5. The maximum atomic E-state index is 12.4. The number of benzene rings is 2. The molecule has 1 aliphatic carbocycles. The highest BCUT2D eigenvalue weighted by Gasteiger charge is 2.29. The third-order valence-corrected chi connectivity index (χ3v) is 5.29. The summed E-state index contributed by atoms with van der Waals surface area (Å²) in [5, 5.41) is 13.7. The van der Waals surface area contributed by atoms with Gasteiger partial charge in [0.1, 0.15) is 12.6 Å². The normalized spacial score (nSPS) is 13.0. The molecule has 0 bridgehead atoms. The zero-order valence-electron chi connectivity index (χ0n) is 18.4. The minimum atomic E-state index is -0.952. The lowest BCUT2D eigenvalue weighted by Gasteiger charge is -2.19. The van der Waals surface area contributed by atoms with Crippen molar-refractivity contribution in [2.45, 2.75) is 18.4 Å². The molecule has 33 heavy (non-hydrogen) atoms. The number of hydrogen-bond donors (Lipinski definition) is 3. The summed E-state index contributed by atoms with van der Waals surface area (Å²) in [6.07, 6.45) is -0.824. The van der Waals surface area contributed by atoms with E-state index in [-0.39, 0.29) is 45.3 Å². The monoisotopic (exact) mass is 456 g/mol. The first-order valence-electron chi connectivity index (χ1n) is 10.7. The molecule has 0 unspecified atom stereocenters. The summed E-state index contributed by atoms with van der Waals surface area (Å²) >= 11 is 0. The summed E-state index contributed by atoms with van der Waals surface area (Å²) in [4.78, 5) is 35.3. The molecular weight excluding hydrogens is 428 g/mol. The third-order valence-electron chi connectivity index (χ3n) is 5.29. The molecule has 0 saturated heterocycles. The van der Waals surface area contributed by atoms with Gasteiger partial charge in [0.15, 0.2) is 0 Å². The first-order chi connectivity index (χ1) is 16.0. The van der Waals surface area contributed by atoms with Gasteiger partial charge in [-0.2, -0.15) is 0 Å². The Hall–Kier alpha value is -3.43. The fourth-order valence-electron chi connectivity index (χ4n) is 3.76. The van der Waals surface area contributed by atoms with Gasteiger partial charge in [-0.15, -0.1) is 0 Å². The van der Waals surface area contributed by atoms with Crippen molar-refractivity contribution in [2.24, 2.45) is 0 Å². The highest BCUT2D eigenvalue weighted by molar-refractivity contribution is 5.86. The van der Waals surface area contributed by atoms with Gasteiger partial charge in [-0.05, 0) is 22.3 Å². The smallest absolute Gasteiger partial charge is 0.407 e. The molecule has 0 aromatic heterocycles. The van der Waals surface area contributed by atoms with Gasteiger partial charge in [0, 0.05) is 19.6 Å². The van der Waals surface area contributed by atoms with Gasteiger partial charge in [0.25, 0.3) is 0 Å². The summed E-state index contributed by atoms with van der Waals surface area (Å²) in [7, 11) is 1.43. The van der Waals surface area contributed by atoms with Gasteiger partial charge < -0.3 is 30.0 Å². The van der Waals surface area contributed by atoms with E-state index in [0.29, 0.717) is 0 Å². The van der Waals surface area contributed by atoms with Crippen LogP contribution in [0, 0.1) is 0 Å². The molecule has 0 saturated carbocycles. The Balaban J connectivity index is 1.50. The van der Waals surface area contributed by atoms with Gasteiger partial charge in [-0.3, -0.25) is 9.59 Å². The van der Waals surface area contributed by atoms with Crippen LogP contribution in [-0.4, -0.2) is 69.2 Å². The van der Waals surface area contributed by atoms with Gasteiger partial charge >= 0.3 is 12.1 Å². The van der Waals surface area contributed by atoms with E-state index in [4.69, 9.17) is 19.3 Å². The molecule has 9 nitrogen and oxygen atoms in total. The molecule has 0 heterocycles. The Labute approximate surface area is 192 Å². The van der Waals surface area contributed by atoms with E-state index in [1.54, 1.807) is 0 Å². The molecule has 0 spiro atoms. The Morgan fingerprint density at radius 2 is 1.64 bits per heavy atom. The number of carbonyl (C=O) groups excluding carboxylic acids is 2. The van der Waals surface area contributed by atoms with Gasteiger partial charge in [-0.1, -0.05) is 48.5 Å². The SMILES string of the molecule is COC[C@H](NC(=O)OCC1c2ccccc2-c2ccccc21)C(=O)NCCOCCC(=O)O. The molecule has 2 aromatic rings. The predicted octanol–water partition coefficient (Wildman–Crippen LogP) is 2.15. The number of methoxy groups -OCH3 is 1. The lowest BCUT2D eigenvalue weighted by atomic mass is 9.98. The topological polar surface area (TPSA) is 123 Å². The Morgan fingerprint density at radius 3 is 2.24 bits per heavy atom. The van der Waals surface area contributed by atoms with Crippen molar-refractivity contribution < 1.29 is 33.7 Å². The summed E-state index contributed by atoms with van der Waals surface area (Å²) in [5.74, 6) is -1.49. The molecule has 0 fully saturated rings. The summed E-state index contributed by atoms with van der Waals surface area (Å²) < 4.78 is 15.7. The second-order valence-corrected chi connectivity index (χ2v) is 7.52. The van der Waals surface area contributed by atoms with Crippen LogP contribution in [0.15, 0.2) is 48.5 Å². The largest absolute Gasteiger partial charge is 0.481 e. The lowest BCUT2D eigenvalue weighted by Crippen LogP contribution is -2.50. The highest BCUT2D eigenvalue weighted by Crippen LogP contribution is 2.44. The van der Waals surface area contributed by atoms with E-state index in [0.717, 1.165) is 22.3 Å². The number of carboxylic acid groups (broad SMARTS) is 1. The van der Waals surface area contributed by atoms with Crippen LogP contribution in [0.4, 0.5) is 4.79 Å². The molecule has 1 aliphatic rings. The Bertz CT molecular complexity index is 933. The van der Waals surface area contributed by atoms with Crippen molar-refractivity contribution in [3.8, 4) is 11.1 Å². The number of carboxylic acids is 1. The molecule has 2 amide bonds. The molecule has 176 valence electrons. The van der Waals surface area contributed by atoms with Gasteiger partial charge in [-0.25, -0.2) is 4.79 Å². The van der Waals surface area contributed by atoms with Gasteiger partial charge in [0.2, 0.25) is 5.91 Å². The van der Waals surface area contributed by atoms with Crippen LogP contribution < -0.4 is 10.6 Å². The van der Waals surface area contributed by atoms with Crippen LogP contribution in [0.1, 0.15) is 23.5 Å². The summed E-state index contributed by atoms with van der Waals surface area (Å²) in [6.45, 7) is 0.494. The second kappa shape index (κ2) is 12.0. The first kappa shape index (κ1) is 24.2. The minimum absolute atomic E-state index is 0.0318. The number of hydrogen-bond acceptors (Lipinski definition) is 6. The van der Waals surface area contributed by atoms with Crippen molar-refractivity contribution >= 4 is 18.0 Å². The maximum absolute atomic E-state index is 12.4. The van der Waals surface area contributed by atoms with Gasteiger partial charge in [0.05, 0.1) is 26.2 Å². The number of alkyl carbamates (subject to hydrolysis) is 1. The summed E-state index contributed by atoms with van der Waals surface area (Å²) in [5.41, 5.74) is 4.45. The maximum Gasteiger partial charge on any atom is 0.407 e. The second-order valence-electron chi connectivity index (χ2n) is 7.52. The van der Waals surface area contributed by atoms with Crippen molar-refractivity contribution in [3.63, 3.8) is 0 Å².